The molecular formula is C16H18FN3O. The SMILES string of the molecule is Cc1cc(F)ccc1CCNC(=O)c1ccc(N)cc1N. The molecule has 5 N–H and O–H groups in total. The average Bonchev–Trinajstić information content (AvgIpc) is 2.41. The standard InChI is InChI=1S/C16H18FN3O/c1-10-8-12(17)3-2-11(10)6-7-20-16(21)14-5-4-13(18)9-15(14)19/h2-5,8-9H,6-7,18-19H2,1H3,(H,20,21). The predicted octanol–water partition coefficient (Wildman–Crippen LogP) is 2.27. The highest BCUT2D eigenvalue weighted by Crippen LogP contribution is 2.15. The summed E-state index contributed by atoms with van der Waals surface area (Å²) < 4.78 is 13.0. The zero-order chi connectivity index (χ0) is 15.4. The maximum atomic E-state index is 13.0. The van der Waals surface area contributed by atoms with Crippen molar-refractivity contribution >= 4 is 17.3 Å². The van der Waals surface area contributed by atoms with Crippen LogP contribution in [0.5, 0.6) is 0 Å². The molecule has 21 heavy (non-hydrogen) atoms. The van der Waals surface area contributed by atoms with Crippen LogP contribution in [0.25, 0.3) is 0 Å². The Labute approximate surface area is 123 Å². The first-order chi connectivity index (χ1) is 9.97. The highest BCUT2D eigenvalue weighted by Gasteiger charge is 2.09. The first kappa shape index (κ1) is 14.8. The highest BCUT2D eigenvalue weighted by molar-refractivity contribution is 5.99. The van der Waals surface area contributed by atoms with Gasteiger partial charge in [0.25, 0.3) is 5.91 Å². The molecule has 0 saturated heterocycles. The zero-order valence-electron chi connectivity index (χ0n) is 11.8. The lowest BCUT2D eigenvalue weighted by Crippen LogP contribution is -2.26. The van der Waals surface area contributed by atoms with Crippen molar-refractivity contribution in [3.05, 3.63) is 58.9 Å². The lowest BCUT2D eigenvalue weighted by molar-refractivity contribution is 0.0955. The Morgan fingerprint density at radius 2 is 1.95 bits per heavy atom. The molecule has 0 aliphatic carbocycles. The van der Waals surface area contributed by atoms with Crippen LogP contribution in [0.4, 0.5) is 15.8 Å². The van der Waals surface area contributed by atoms with Gasteiger partial charge in [-0.15, -0.1) is 0 Å². The molecule has 4 nitrogen and oxygen atoms in total. The topological polar surface area (TPSA) is 81.1 Å². The molecule has 0 heterocycles. The van der Waals surface area contributed by atoms with Crippen LogP contribution in [0.2, 0.25) is 0 Å². The van der Waals surface area contributed by atoms with E-state index in [2.05, 4.69) is 5.32 Å². The first-order valence-corrected chi connectivity index (χ1v) is 6.65. The third-order valence-corrected chi connectivity index (χ3v) is 3.30. The molecule has 1 amide bonds. The predicted molar refractivity (Wildman–Crippen MR) is 82.4 cm³/mol. The number of hydrogen-bond acceptors (Lipinski definition) is 3. The summed E-state index contributed by atoms with van der Waals surface area (Å²) in [7, 11) is 0. The summed E-state index contributed by atoms with van der Waals surface area (Å²) in [6.45, 7) is 2.30. The Kier molecular flexibility index (Phi) is 4.42. The van der Waals surface area contributed by atoms with Crippen LogP contribution in [0.15, 0.2) is 36.4 Å². The van der Waals surface area contributed by atoms with Crippen LogP contribution in [0.3, 0.4) is 0 Å². The van der Waals surface area contributed by atoms with Crippen molar-refractivity contribution in [1.29, 1.82) is 0 Å². The Hall–Kier alpha value is -2.56. The fraction of sp³-hybridized carbons (Fsp3) is 0.188. The average molecular weight is 287 g/mol. The Morgan fingerprint density at radius 1 is 1.19 bits per heavy atom. The van der Waals surface area contributed by atoms with Gasteiger partial charge in [0.1, 0.15) is 5.82 Å². The van der Waals surface area contributed by atoms with Crippen molar-refractivity contribution in [1.82, 2.24) is 5.32 Å². The Balaban J connectivity index is 1.95. The van der Waals surface area contributed by atoms with Crippen molar-refractivity contribution in [2.24, 2.45) is 0 Å². The highest BCUT2D eigenvalue weighted by atomic mass is 19.1. The van der Waals surface area contributed by atoms with Gasteiger partial charge in [-0.3, -0.25) is 4.79 Å². The van der Waals surface area contributed by atoms with Crippen LogP contribution < -0.4 is 16.8 Å². The number of hydrogen-bond donors (Lipinski definition) is 3. The minimum atomic E-state index is -0.255. The number of nitrogen functional groups attached to an aromatic ring is 2. The molecule has 2 aromatic rings. The molecule has 5 heteroatoms. The number of carbonyl (C=O) groups is 1. The van der Waals surface area contributed by atoms with Gasteiger partial charge in [0.2, 0.25) is 0 Å². The van der Waals surface area contributed by atoms with Crippen LogP contribution in [0, 0.1) is 12.7 Å². The van der Waals surface area contributed by atoms with Crippen molar-refractivity contribution in [3.8, 4) is 0 Å². The number of nitrogens with one attached hydrogen (secondary N) is 1. The van der Waals surface area contributed by atoms with E-state index in [4.69, 9.17) is 11.5 Å². The van der Waals surface area contributed by atoms with Crippen molar-refractivity contribution < 1.29 is 9.18 Å². The molecule has 0 bridgehead atoms. The van der Waals surface area contributed by atoms with E-state index in [0.717, 1.165) is 11.1 Å². The summed E-state index contributed by atoms with van der Waals surface area (Å²) in [5.74, 6) is -0.498. The molecule has 0 unspecified atom stereocenters. The van der Waals surface area contributed by atoms with Gasteiger partial charge in [-0.05, 0) is 54.8 Å². The lowest BCUT2D eigenvalue weighted by Gasteiger charge is -2.09. The maximum absolute atomic E-state index is 13.0. The number of nitrogens with two attached hydrogens (primary N) is 2. The smallest absolute Gasteiger partial charge is 0.253 e. The number of benzene rings is 2. The Bertz CT molecular complexity index is 671. The molecule has 0 radical (unpaired) electrons. The fourth-order valence-electron chi connectivity index (χ4n) is 2.13. The van der Waals surface area contributed by atoms with Gasteiger partial charge in [-0.1, -0.05) is 6.07 Å². The van der Waals surface area contributed by atoms with Crippen molar-refractivity contribution in [3.63, 3.8) is 0 Å². The number of carbonyl (C=O) groups excluding carboxylic acids is 1. The molecule has 0 fully saturated rings. The Morgan fingerprint density at radius 3 is 2.62 bits per heavy atom. The zero-order valence-corrected chi connectivity index (χ0v) is 11.8. The molecule has 0 saturated carbocycles. The largest absolute Gasteiger partial charge is 0.399 e. The molecular weight excluding hydrogens is 269 g/mol. The van der Waals surface area contributed by atoms with Gasteiger partial charge in [0.15, 0.2) is 0 Å². The third-order valence-electron chi connectivity index (χ3n) is 3.30. The minimum Gasteiger partial charge on any atom is -0.399 e. The van der Waals surface area contributed by atoms with E-state index < -0.39 is 0 Å². The number of aryl methyl sites for hydroxylation is 1. The number of amides is 1. The normalized spacial score (nSPS) is 10.4. The van der Waals surface area contributed by atoms with E-state index in [1.807, 2.05) is 6.92 Å². The van der Waals surface area contributed by atoms with Crippen molar-refractivity contribution in [2.45, 2.75) is 13.3 Å². The van der Waals surface area contributed by atoms with Crippen LogP contribution in [0.1, 0.15) is 21.5 Å². The van der Waals surface area contributed by atoms with Crippen LogP contribution in [-0.2, 0) is 6.42 Å². The van der Waals surface area contributed by atoms with Crippen molar-refractivity contribution in [2.75, 3.05) is 18.0 Å². The van der Waals surface area contributed by atoms with Gasteiger partial charge in [-0.25, -0.2) is 4.39 Å². The van der Waals surface area contributed by atoms with Gasteiger partial charge >= 0.3 is 0 Å². The van der Waals surface area contributed by atoms with E-state index in [9.17, 15) is 9.18 Å². The van der Waals surface area contributed by atoms with E-state index in [0.29, 0.717) is 29.9 Å². The van der Waals surface area contributed by atoms with E-state index in [1.165, 1.54) is 12.1 Å². The van der Waals surface area contributed by atoms with Gasteiger partial charge < -0.3 is 16.8 Å². The minimum absolute atomic E-state index is 0.243. The summed E-state index contributed by atoms with van der Waals surface area (Å²) in [5, 5.41) is 2.80. The second kappa shape index (κ2) is 6.26. The molecule has 0 atom stereocenters. The summed E-state index contributed by atoms with van der Waals surface area (Å²) in [6.07, 6.45) is 0.632. The molecule has 0 aliphatic heterocycles. The molecule has 2 aromatic carbocycles. The lowest BCUT2D eigenvalue weighted by atomic mass is 10.1. The van der Waals surface area contributed by atoms with Gasteiger partial charge in [-0.2, -0.15) is 0 Å². The number of halogens is 1. The van der Waals surface area contributed by atoms with E-state index in [1.54, 1.807) is 24.3 Å². The van der Waals surface area contributed by atoms with Crippen LogP contribution >= 0.6 is 0 Å². The first-order valence-electron chi connectivity index (χ1n) is 6.65. The number of anilines is 2. The van der Waals surface area contributed by atoms with E-state index in [-0.39, 0.29) is 11.7 Å². The molecule has 0 spiro atoms. The molecule has 0 aliphatic rings. The monoisotopic (exact) mass is 287 g/mol. The third kappa shape index (κ3) is 3.72. The van der Waals surface area contributed by atoms with Gasteiger partial charge in [0, 0.05) is 17.9 Å². The maximum Gasteiger partial charge on any atom is 0.253 e. The summed E-state index contributed by atoms with van der Waals surface area (Å²) >= 11 is 0. The van der Waals surface area contributed by atoms with E-state index >= 15 is 0 Å². The van der Waals surface area contributed by atoms with Gasteiger partial charge in [0.05, 0.1) is 5.56 Å². The van der Waals surface area contributed by atoms with Crippen LogP contribution in [-0.4, -0.2) is 12.5 Å². The second-order valence-corrected chi connectivity index (χ2v) is 4.92. The molecule has 110 valence electrons. The number of rotatable bonds is 4. The summed E-state index contributed by atoms with van der Waals surface area (Å²) in [5.41, 5.74) is 14.5. The molecule has 2 rings (SSSR count). The summed E-state index contributed by atoms with van der Waals surface area (Å²) in [4.78, 5) is 12.0. The second-order valence-electron chi connectivity index (χ2n) is 4.92. The molecule has 0 aromatic heterocycles. The fourth-order valence-corrected chi connectivity index (χ4v) is 2.13. The quantitative estimate of drug-likeness (QED) is 0.755. The summed E-state index contributed by atoms with van der Waals surface area (Å²) in [6, 6.07) is 9.42.